The van der Waals surface area contributed by atoms with Crippen LogP contribution < -0.4 is 10.5 Å². The van der Waals surface area contributed by atoms with E-state index < -0.39 is 6.10 Å². The smallest absolute Gasteiger partial charge is 0.263 e. The summed E-state index contributed by atoms with van der Waals surface area (Å²) in [6, 6.07) is 7.81. The van der Waals surface area contributed by atoms with Crippen molar-refractivity contribution in [2.24, 2.45) is 17.1 Å². The lowest BCUT2D eigenvalue weighted by Crippen LogP contribution is -2.47. The Bertz CT molecular complexity index is 517. The van der Waals surface area contributed by atoms with Gasteiger partial charge in [-0.3, -0.25) is 4.79 Å². The summed E-state index contributed by atoms with van der Waals surface area (Å²) >= 11 is 0. The maximum absolute atomic E-state index is 12.6. The molecule has 0 saturated carbocycles. The van der Waals surface area contributed by atoms with Crippen molar-refractivity contribution in [2.45, 2.75) is 46.6 Å². The van der Waals surface area contributed by atoms with E-state index in [1.165, 1.54) is 5.56 Å². The number of ether oxygens (including phenoxy) is 1. The molecule has 1 aliphatic rings. The molecule has 4 heteroatoms. The zero-order valence-corrected chi connectivity index (χ0v) is 14.8. The van der Waals surface area contributed by atoms with Gasteiger partial charge in [0, 0.05) is 13.1 Å². The Morgan fingerprint density at radius 2 is 1.87 bits per heavy atom. The normalized spacial score (nSPS) is 17.9. The third kappa shape index (κ3) is 4.47. The average Bonchev–Trinajstić information content (AvgIpc) is 2.56. The van der Waals surface area contributed by atoms with Crippen molar-refractivity contribution in [3.8, 4) is 5.75 Å². The van der Waals surface area contributed by atoms with E-state index in [2.05, 4.69) is 13.8 Å². The highest BCUT2D eigenvalue weighted by Crippen LogP contribution is 2.34. The van der Waals surface area contributed by atoms with Gasteiger partial charge in [0.25, 0.3) is 5.91 Å². The quantitative estimate of drug-likeness (QED) is 0.908. The molecule has 1 fully saturated rings. The van der Waals surface area contributed by atoms with Crippen LogP contribution in [0.4, 0.5) is 0 Å². The molecule has 1 amide bonds. The molecule has 1 unspecified atom stereocenters. The summed E-state index contributed by atoms with van der Waals surface area (Å²) in [7, 11) is 0. The van der Waals surface area contributed by atoms with Gasteiger partial charge in [0.05, 0.1) is 0 Å². The number of hydrogen-bond acceptors (Lipinski definition) is 3. The molecular weight excluding hydrogens is 288 g/mol. The van der Waals surface area contributed by atoms with Crippen LogP contribution in [0, 0.1) is 18.3 Å². The number of amides is 1. The molecule has 0 bridgehead atoms. The molecule has 1 aromatic rings. The molecule has 0 radical (unpaired) electrons. The van der Waals surface area contributed by atoms with Crippen molar-refractivity contribution >= 4 is 5.91 Å². The maximum atomic E-state index is 12.6. The fourth-order valence-electron chi connectivity index (χ4n) is 3.18. The number of carbonyl (C=O) groups excluding carboxylic acids is 1. The van der Waals surface area contributed by atoms with Crippen molar-refractivity contribution in [3.63, 3.8) is 0 Å². The first kappa shape index (κ1) is 17.8. The Morgan fingerprint density at radius 3 is 2.39 bits per heavy atom. The molecule has 2 N–H and O–H groups in total. The number of nitrogens with zero attached hydrogens (tertiary/aromatic N) is 1. The van der Waals surface area contributed by atoms with Crippen molar-refractivity contribution in [1.82, 2.24) is 4.90 Å². The number of aryl methyl sites for hydroxylation is 1. The van der Waals surface area contributed by atoms with E-state index in [1.54, 1.807) is 0 Å². The van der Waals surface area contributed by atoms with E-state index in [9.17, 15) is 4.79 Å². The minimum atomic E-state index is -0.447. The highest BCUT2D eigenvalue weighted by atomic mass is 16.5. The standard InChI is InChI=1S/C19H30N2O2/c1-14-5-7-17(8-6-14)23-15(2)18(22)21-11-9-16(10-12-21)19(3,4)13-20/h5-8,15-16H,9-13,20H2,1-4H3. The van der Waals surface area contributed by atoms with E-state index >= 15 is 0 Å². The van der Waals surface area contributed by atoms with Crippen molar-refractivity contribution in [1.29, 1.82) is 0 Å². The minimum absolute atomic E-state index is 0.0783. The van der Waals surface area contributed by atoms with E-state index in [0.717, 1.165) is 31.7 Å². The second-order valence-electron chi connectivity index (χ2n) is 7.37. The van der Waals surface area contributed by atoms with Crippen LogP contribution in [0.15, 0.2) is 24.3 Å². The highest BCUT2D eigenvalue weighted by molar-refractivity contribution is 5.81. The third-order valence-electron chi connectivity index (χ3n) is 5.12. The lowest BCUT2D eigenvalue weighted by atomic mass is 9.74. The third-order valence-corrected chi connectivity index (χ3v) is 5.12. The van der Waals surface area contributed by atoms with Crippen LogP contribution in [0.3, 0.4) is 0 Å². The molecule has 1 aliphatic heterocycles. The first-order chi connectivity index (χ1) is 10.8. The Hall–Kier alpha value is -1.55. The van der Waals surface area contributed by atoms with Crippen LogP contribution in [0.25, 0.3) is 0 Å². The summed E-state index contributed by atoms with van der Waals surface area (Å²) < 4.78 is 5.79. The molecule has 2 rings (SSSR count). The molecule has 1 heterocycles. The van der Waals surface area contributed by atoms with E-state index in [4.69, 9.17) is 10.5 Å². The Kier molecular flexibility index (Phi) is 5.69. The fraction of sp³-hybridized carbons (Fsp3) is 0.632. The maximum Gasteiger partial charge on any atom is 0.263 e. The van der Waals surface area contributed by atoms with Gasteiger partial charge in [-0.25, -0.2) is 0 Å². The number of nitrogens with two attached hydrogens (primary N) is 1. The topological polar surface area (TPSA) is 55.6 Å². The molecular formula is C19H30N2O2. The van der Waals surface area contributed by atoms with Crippen LogP contribution in [-0.4, -0.2) is 36.5 Å². The summed E-state index contributed by atoms with van der Waals surface area (Å²) in [6.07, 6.45) is 1.59. The summed E-state index contributed by atoms with van der Waals surface area (Å²) in [5, 5.41) is 0. The van der Waals surface area contributed by atoms with Gasteiger partial charge in [0.1, 0.15) is 5.75 Å². The van der Waals surface area contributed by atoms with Crippen molar-refractivity contribution in [2.75, 3.05) is 19.6 Å². The van der Waals surface area contributed by atoms with Crippen molar-refractivity contribution in [3.05, 3.63) is 29.8 Å². The van der Waals surface area contributed by atoms with Crippen molar-refractivity contribution < 1.29 is 9.53 Å². The molecule has 0 aliphatic carbocycles. The zero-order valence-electron chi connectivity index (χ0n) is 14.8. The Labute approximate surface area is 140 Å². The van der Waals surface area contributed by atoms with E-state index in [-0.39, 0.29) is 11.3 Å². The van der Waals surface area contributed by atoms with E-state index in [0.29, 0.717) is 12.5 Å². The number of hydrogen-bond donors (Lipinski definition) is 1. The minimum Gasteiger partial charge on any atom is -0.481 e. The molecule has 0 spiro atoms. The Balaban J connectivity index is 1.88. The summed E-state index contributed by atoms with van der Waals surface area (Å²) in [6.45, 7) is 10.6. The number of piperidine rings is 1. The predicted octanol–water partition coefficient (Wildman–Crippen LogP) is 2.99. The van der Waals surface area contributed by atoms with Gasteiger partial charge in [-0.15, -0.1) is 0 Å². The summed E-state index contributed by atoms with van der Waals surface area (Å²) in [5.41, 5.74) is 7.21. The monoisotopic (exact) mass is 318 g/mol. The number of benzene rings is 1. The summed E-state index contributed by atoms with van der Waals surface area (Å²) in [5.74, 6) is 1.41. The van der Waals surface area contributed by atoms with Gasteiger partial charge in [0.2, 0.25) is 0 Å². The molecule has 1 saturated heterocycles. The molecule has 128 valence electrons. The second-order valence-corrected chi connectivity index (χ2v) is 7.37. The lowest BCUT2D eigenvalue weighted by molar-refractivity contribution is -0.139. The molecule has 4 nitrogen and oxygen atoms in total. The van der Waals surface area contributed by atoms with Gasteiger partial charge in [0.15, 0.2) is 6.10 Å². The van der Waals surface area contributed by atoms with Gasteiger partial charge in [-0.2, -0.15) is 0 Å². The number of rotatable bonds is 5. The zero-order chi connectivity index (χ0) is 17.0. The van der Waals surface area contributed by atoms with Crippen LogP contribution in [0.5, 0.6) is 5.75 Å². The predicted molar refractivity (Wildman–Crippen MR) is 93.4 cm³/mol. The first-order valence-electron chi connectivity index (χ1n) is 8.55. The molecule has 1 atom stereocenters. The molecule has 1 aromatic carbocycles. The number of likely N-dealkylation sites (tertiary alicyclic amines) is 1. The number of carbonyl (C=O) groups is 1. The van der Waals surface area contributed by atoms with Gasteiger partial charge in [-0.05, 0) is 56.7 Å². The van der Waals surface area contributed by atoms with Crippen LogP contribution in [0.1, 0.15) is 39.2 Å². The first-order valence-corrected chi connectivity index (χ1v) is 8.55. The average molecular weight is 318 g/mol. The lowest BCUT2D eigenvalue weighted by Gasteiger charge is -2.40. The van der Waals surface area contributed by atoms with Gasteiger partial charge < -0.3 is 15.4 Å². The highest BCUT2D eigenvalue weighted by Gasteiger charge is 2.34. The summed E-state index contributed by atoms with van der Waals surface area (Å²) in [4.78, 5) is 14.5. The largest absolute Gasteiger partial charge is 0.481 e. The van der Waals surface area contributed by atoms with Gasteiger partial charge in [-0.1, -0.05) is 31.5 Å². The van der Waals surface area contributed by atoms with E-state index in [1.807, 2.05) is 43.0 Å². The second kappa shape index (κ2) is 7.35. The van der Waals surface area contributed by atoms with Crippen LogP contribution >= 0.6 is 0 Å². The fourth-order valence-corrected chi connectivity index (χ4v) is 3.18. The molecule has 0 aromatic heterocycles. The van der Waals surface area contributed by atoms with Gasteiger partial charge >= 0.3 is 0 Å². The van der Waals surface area contributed by atoms with Crippen LogP contribution in [0.2, 0.25) is 0 Å². The van der Waals surface area contributed by atoms with Crippen LogP contribution in [-0.2, 0) is 4.79 Å². The Morgan fingerprint density at radius 1 is 1.30 bits per heavy atom. The SMILES string of the molecule is Cc1ccc(OC(C)C(=O)N2CCC(C(C)(C)CN)CC2)cc1. The molecule has 23 heavy (non-hydrogen) atoms.